The second-order valence-electron chi connectivity index (χ2n) is 7.05. The molecule has 1 saturated heterocycles. The summed E-state index contributed by atoms with van der Waals surface area (Å²) in [6, 6.07) is 8.78. The maximum atomic E-state index is 9.18. The van der Waals surface area contributed by atoms with Crippen LogP contribution in [0.2, 0.25) is 0 Å². The molecule has 3 heterocycles. The number of anilines is 1. The Morgan fingerprint density at radius 3 is 2.48 bits per heavy atom. The number of hydrogen-bond donors (Lipinski definition) is 1. The van der Waals surface area contributed by atoms with Crippen molar-refractivity contribution < 1.29 is 5.11 Å². The third kappa shape index (κ3) is 3.57. The molecule has 0 amide bonds. The molecule has 1 fully saturated rings. The first-order chi connectivity index (χ1) is 13.2. The summed E-state index contributed by atoms with van der Waals surface area (Å²) in [5.41, 5.74) is 3.82. The van der Waals surface area contributed by atoms with Gasteiger partial charge in [0, 0.05) is 43.2 Å². The van der Waals surface area contributed by atoms with Crippen molar-refractivity contribution in [2.45, 2.75) is 20.3 Å². The lowest BCUT2D eigenvalue weighted by molar-refractivity contribution is 0.188. The topological polar surface area (TPSA) is 52.5 Å². The molecule has 1 aromatic carbocycles. The SMILES string of the molecule is CCc1sc2ncnc(N3CCN(CCO)CC3)c2c1-c1ccc(C)cc1. The average Bonchev–Trinajstić information content (AvgIpc) is 3.08. The summed E-state index contributed by atoms with van der Waals surface area (Å²) in [4.78, 5) is 16.4. The van der Waals surface area contributed by atoms with E-state index in [4.69, 9.17) is 4.98 Å². The Bertz CT molecular complexity index is 914. The number of piperazine rings is 1. The highest BCUT2D eigenvalue weighted by Crippen LogP contribution is 2.42. The Balaban J connectivity index is 1.78. The minimum atomic E-state index is 0.222. The lowest BCUT2D eigenvalue weighted by atomic mass is 10.0. The van der Waals surface area contributed by atoms with E-state index in [0.717, 1.165) is 49.8 Å². The van der Waals surface area contributed by atoms with E-state index in [2.05, 4.69) is 52.9 Å². The van der Waals surface area contributed by atoms with Gasteiger partial charge in [0.25, 0.3) is 0 Å². The van der Waals surface area contributed by atoms with Gasteiger partial charge in [0.1, 0.15) is 17.0 Å². The van der Waals surface area contributed by atoms with Gasteiger partial charge in [0.05, 0.1) is 12.0 Å². The number of benzene rings is 1. The second-order valence-corrected chi connectivity index (χ2v) is 8.13. The van der Waals surface area contributed by atoms with Gasteiger partial charge in [-0.25, -0.2) is 9.97 Å². The normalized spacial score (nSPS) is 15.6. The average molecular weight is 383 g/mol. The van der Waals surface area contributed by atoms with Crippen LogP contribution in [0.25, 0.3) is 21.3 Å². The van der Waals surface area contributed by atoms with E-state index in [1.54, 1.807) is 17.7 Å². The predicted octanol–water partition coefficient (Wildman–Crippen LogP) is 3.34. The molecular weight excluding hydrogens is 356 g/mol. The molecule has 0 saturated carbocycles. The van der Waals surface area contributed by atoms with Gasteiger partial charge in [0.2, 0.25) is 0 Å². The van der Waals surface area contributed by atoms with E-state index < -0.39 is 0 Å². The third-order valence-electron chi connectivity index (χ3n) is 5.29. The van der Waals surface area contributed by atoms with Crippen LogP contribution in [-0.2, 0) is 6.42 Å². The molecule has 0 atom stereocenters. The molecule has 142 valence electrons. The van der Waals surface area contributed by atoms with Crippen LogP contribution in [0.3, 0.4) is 0 Å². The van der Waals surface area contributed by atoms with Crippen LogP contribution in [0.5, 0.6) is 0 Å². The van der Waals surface area contributed by atoms with Gasteiger partial charge >= 0.3 is 0 Å². The van der Waals surface area contributed by atoms with Crippen molar-refractivity contribution in [1.82, 2.24) is 14.9 Å². The fourth-order valence-electron chi connectivity index (χ4n) is 3.80. The van der Waals surface area contributed by atoms with Crippen LogP contribution in [-0.4, -0.2) is 59.3 Å². The smallest absolute Gasteiger partial charge is 0.141 e. The van der Waals surface area contributed by atoms with E-state index in [1.807, 2.05) is 0 Å². The summed E-state index contributed by atoms with van der Waals surface area (Å²) >= 11 is 1.79. The number of aromatic nitrogens is 2. The van der Waals surface area contributed by atoms with E-state index in [-0.39, 0.29) is 6.61 Å². The molecule has 0 radical (unpaired) electrons. The fourth-order valence-corrected chi connectivity index (χ4v) is 4.90. The third-order valence-corrected chi connectivity index (χ3v) is 6.53. The number of thiophene rings is 1. The van der Waals surface area contributed by atoms with E-state index in [9.17, 15) is 5.11 Å². The first kappa shape index (κ1) is 18.3. The lowest BCUT2D eigenvalue weighted by Gasteiger charge is -2.35. The molecule has 0 bridgehead atoms. The minimum Gasteiger partial charge on any atom is -0.395 e. The fraction of sp³-hybridized carbons (Fsp3) is 0.429. The number of aliphatic hydroxyl groups is 1. The van der Waals surface area contributed by atoms with Gasteiger partial charge in [-0.1, -0.05) is 36.8 Å². The Morgan fingerprint density at radius 1 is 1.07 bits per heavy atom. The quantitative estimate of drug-likeness (QED) is 0.733. The van der Waals surface area contributed by atoms with Crippen LogP contribution in [0.4, 0.5) is 5.82 Å². The summed E-state index contributed by atoms with van der Waals surface area (Å²) in [7, 11) is 0. The first-order valence-electron chi connectivity index (χ1n) is 9.62. The molecule has 6 heteroatoms. The lowest BCUT2D eigenvalue weighted by Crippen LogP contribution is -2.47. The molecule has 1 aliphatic heterocycles. The van der Waals surface area contributed by atoms with Crippen LogP contribution in [0, 0.1) is 6.92 Å². The Hall–Kier alpha value is -2.02. The molecule has 4 rings (SSSR count). The van der Waals surface area contributed by atoms with Crippen molar-refractivity contribution in [1.29, 1.82) is 0 Å². The predicted molar refractivity (Wildman–Crippen MR) is 113 cm³/mol. The maximum absolute atomic E-state index is 9.18. The van der Waals surface area contributed by atoms with Gasteiger partial charge in [-0.05, 0) is 18.9 Å². The molecule has 0 unspecified atom stereocenters. The number of aryl methyl sites for hydroxylation is 2. The summed E-state index contributed by atoms with van der Waals surface area (Å²) in [6.45, 7) is 9.07. The minimum absolute atomic E-state index is 0.222. The number of aliphatic hydroxyl groups excluding tert-OH is 1. The molecule has 0 aliphatic carbocycles. The first-order valence-corrected chi connectivity index (χ1v) is 10.4. The maximum Gasteiger partial charge on any atom is 0.141 e. The molecule has 0 spiro atoms. The van der Waals surface area contributed by atoms with Crippen molar-refractivity contribution in [2.75, 3.05) is 44.2 Å². The second kappa shape index (κ2) is 7.92. The highest BCUT2D eigenvalue weighted by molar-refractivity contribution is 7.19. The summed E-state index contributed by atoms with van der Waals surface area (Å²) in [6.07, 6.45) is 2.70. The standard InChI is InChI=1S/C21H26N4OS/c1-3-17-18(16-6-4-15(2)5-7-16)19-20(22-14-23-21(19)27-17)25-10-8-24(9-11-25)12-13-26/h4-7,14,26H,3,8-13H2,1-2H3. The van der Waals surface area contributed by atoms with Crippen LogP contribution >= 0.6 is 11.3 Å². The van der Waals surface area contributed by atoms with Crippen molar-refractivity contribution in [3.8, 4) is 11.1 Å². The van der Waals surface area contributed by atoms with Crippen LogP contribution in [0.15, 0.2) is 30.6 Å². The Labute approximate surface area is 164 Å². The number of β-amino-alcohol motifs (C(OH)–C–C–N with tert-alkyl or cyclic N) is 1. The van der Waals surface area contributed by atoms with Gasteiger partial charge in [-0.3, -0.25) is 4.90 Å². The van der Waals surface area contributed by atoms with Gasteiger partial charge < -0.3 is 10.0 Å². The monoisotopic (exact) mass is 382 g/mol. The van der Waals surface area contributed by atoms with Gasteiger partial charge in [-0.15, -0.1) is 11.3 Å². The van der Waals surface area contributed by atoms with E-state index in [1.165, 1.54) is 27.0 Å². The molecule has 5 nitrogen and oxygen atoms in total. The number of nitrogens with zero attached hydrogens (tertiary/aromatic N) is 4. The summed E-state index contributed by atoms with van der Waals surface area (Å²) in [5, 5.41) is 10.4. The largest absolute Gasteiger partial charge is 0.395 e. The Kier molecular flexibility index (Phi) is 5.38. The Morgan fingerprint density at radius 2 is 1.81 bits per heavy atom. The number of rotatable bonds is 5. The van der Waals surface area contributed by atoms with E-state index in [0.29, 0.717) is 0 Å². The van der Waals surface area contributed by atoms with Crippen molar-refractivity contribution in [3.05, 3.63) is 41.0 Å². The number of hydrogen-bond acceptors (Lipinski definition) is 6. The van der Waals surface area contributed by atoms with Crippen molar-refractivity contribution >= 4 is 27.4 Å². The molecule has 1 N–H and O–H groups in total. The zero-order valence-corrected chi connectivity index (χ0v) is 16.8. The molecule has 1 aliphatic rings. The highest BCUT2D eigenvalue weighted by atomic mass is 32.1. The molecule has 2 aromatic heterocycles. The zero-order chi connectivity index (χ0) is 18.8. The van der Waals surface area contributed by atoms with Crippen LogP contribution < -0.4 is 4.90 Å². The van der Waals surface area contributed by atoms with Gasteiger partial charge in [-0.2, -0.15) is 0 Å². The molecular formula is C21H26N4OS. The summed E-state index contributed by atoms with van der Waals surface area (Å²) < 4.78 is 0. The molecule has 3 aromatic rings. The van der Waals surface area contributed by atoms with Gasteiger partial charge in [0.15, 0.2) is 0 Å². The van der Waals surface area contributed by atoms with Crippen LogP contribution in [0.1, 0.15) is 17.4 Å². The van der Waals surface area contributed by atoms with E-state index >= 15 is 0 Å². The molecule has 27 heavy (non-hydrogen) atoms. The van der Waals surface area contributed by atoms with Crippen molar-refractivity contribution in [2.24, 2.45) is 0 Å². The highest BCUT2D eigenvalue weighted by Gasteiger charge is 2.24. The van der Waals surface area contributed by atoms with Crippen molar-refractivity contribution in [3.63, 3.8) is 0 Å². The summed E-state index contributed by atoms with van der Waals surface area (Å²) in [5.74, 6) is 1.05. The number of fused-ring (bicyclic) bond motifs is 1. The zero-order valence-electron chi connectivity index (χ0n) is 16.0.